The van der Waals surface area contributed by atoms with E-state index in [4.69, 9.17) is 5.73 Å². The van der Waals surface area contributed by atoms with Crippen LogP contribution in [-0.4, -0.2) is 43.5 Å². The summed E-state index contributed by atoms with van der Waals surface area (Å²) < 4.78 is 0. The maximum atomic E-state index is 10.6. The zero-order chi connectivity index (χ0) is 7.56. The average molecular weight is 216 g/mol. The number of piperazine rings is 1. The molecule has 12 heavy (non-hydrogen) atoms. The molecule has 1 fully saturated rings. The van der Waals surface area contributed by atoms with Gasteiger partial charge in [0.1, 0.15) is 0 Å². The van der Waals surface area contributed by atoms with Gasteiger partial charge in [-0.1, -0.05) is 0 Å². The second-order valence-electron chi connectivity index (χ2n) is 2.67. The lowest BCUT2D eigenvalue weighted by Crippen LogP contribution is -2.54. The number of carbonyl (C=O) groups excluding carboxylic acids is 1. The number of hydrogen-bond acceptors (Lipinski definition) is 3. The molecule has 1 aliphatic heterocycles. The van der Waals surface area contributed by atoms with E-state index in [-0.39, 0.29) is 36.8 Å². The highest BCUT2D eigenvalue weighted by atomic mass is 35.5. The Morgan fingerprint density at radius 2 is 2.17 bits per heavy atom. The number of hydrogen-bond donors (Lipinski definition) is 2. The Morgan fingerprint density at radius 3 is 2.50 bits per heavy atom. The van der Waals surface area contributed by atoms with Crippen molar-refractivity contribution in [2.24, 2.45) is 5.73 Å². The first-order valence-electron chi connectivity index (χ1n) is 3.41. The number of carbonyl (C=O) groups is 1. The van der Waals surface area contributed by atoms with Crippen LogP contribution in [0.4, 0.5) is 0 Å². The van der Waals surface area contributed by atoms with Gasteiger partial charge < -0.3 is 16.0 Å². The number of nitrogens with two attached hydrogens (primary N) is 1. The van der Waals surface area contributed by atoms with Gasteiger partial charge >= 0.3 is 0 Å². The first kappa shape index (κ1) is 14.5. The SMILES string of the molecule is CN1CCNC(C(N)=O)C1.Cl.Cl. The van der Waals surface area contributed by atoms with Gasteiger partial charge in [-0.25, -0.2) is 0 Å². The number of halogens is 2. The second-order valence-corrected chi connectivity index (χ2v) is 2.67. The van der Waals surface area contributed by atoms with Crippen molar-refractivity contribution in [3.8, 4) is 0 Å². The fourth-order valence-corrected chi connectivity index (χ4v) is 1.09. The predicted molar refractivity (Wildman–Crippen MR) is 53.0 cm³/mol. The van der Waals surface area contributed by atoms with Crippen LogP contribution >= 0.6 is 24.8 Å². The van der Waals surface area contributed by atoms with Crippen LogP contribution in [-0.2, 0) is 4.79 Å². The Morgan fingerprint density at radius 1 is 1.58 bits per heavy atom. The number of nitrogens with zero attached hydrogens (tertiary/aromatic N) is 1. The molecule has 1 unspecified atom stereocenters. The molecule has 0 aromatic rings. The summed E-state index contributed by atoms with van der Waals surface area (Å²) in [6.45, 7) is 2.57. The summed E-state index contributed by atoms with van der Waals surface area (Å²) in [5, 5.41) is 3.03. The van der Waals surface area contributed by atoms with E-state index in [0.717, 1.165) is 19.6 Å². The van der Waals surface area contributed by atoms with Gasteiger partial charge in [-0.3, -0.25) is 4.79 Å². The minimum atomic E-state index is -0.258. The number of nitrogens with one attached hydrogen (secondary N) is 1. The van der Waals surface area contributed by atoms with E-state index in [1.165, 1.54) is 0 Å². The van der Waals surface area contributed by atoms with Gasteiger partial charge in [0.05, 0.1) is 6.04 Å². The number of primary amides is 1. The quantitative estimate of drug-likeness (QED) is 0.604. The first-order valence-corrected chi connectivity index (χ1v) is 3.41. The van der Waals surface area contributed by atoms with Crippen molar-refractivity contribution in [2.75, 3.05) is 26.7 Å². The zero-order valence-electron chi connectivity index (χ0n) is 6.95. The van der Waals surface area contributed by atoms with Crippen LogP contribution in [0.5, 0.6) is 0 Å². The summed E-state index contributed by atoms with van der Waals surface area (Å²) in [4.78, 5) is 12.7. The smallest absolute Gasteiger partial charge is 0.235 e. The highest BCUT2D eigenvalue weighted by Gasteiger charge is 2.20. The van der Waals surface area contributed by atoms with Crippen molar-refractivity contribution in [2.45, 2.75) is 6.04 Å². The number of rotatable bonds is 1. The Balaban J connectivity index is 0. The summed E-state index contributed by atoms with van der Waals surface area (Å²) in [7, 11) is 1.98. The molecule has 0 bridgehead atoms. The van der Waals surface area contributed by atoms with E-state index in [0.29, 0.717) is 0 Å². The maximum Gasteiger partial charge on any atom is 0.235 e. The molecule has 1 amide bonds. The van der Waals surface area contributed by atoms with Gasteiger partial charge in [0.25, 0.3) is 0 Å². The van der Waals surface area contributed by atoms with Crippen LogP contribution < -0.4 is 11.1 Å². The Bertz CT molecular complexity index is 145. The summed E-state index contributed by atoms with van der Waals surface area (Å²) in [5.74, 6) is -0.258. The molecule has 3 N–H and O–H groups in total. The molecule has 0 aliphatic carbocycles. The van der Waals surface area contributed by atoms with Crippen LogP contribution in [0.3, 0.4) is 0 Å². The number of likely N-dealkylation sites (N-methyl/N-ethyl adjacent to an activating group) is 1. The molecule has 1 atom stereocenters. The van der Waals surface area contributed by atoms with Crippen molar-refractivity contribution in [3.05, 3.63) is 0 Å². The third kappa shape index (κ3) is 4.11. The van der Waals surface area contributed by atoms with Crippen LogP contribution in [0.25, 0.3) is 0 Å². The summed E-state index contributed by atoms with van der Waals surface area (Å²) in [5.41, 5.74) is 5.10. The molecule has 1 heterocycles. The fourth-order valence-electron chi connectivity index (χ4n) is 1.09. The van der Waals surface area contributed by atoms with Crippen LogP contribution in [0.2, 0.25) is 0 Å². The van der Waals surface area contributed by atoms with Gasteiger partial charge in [0, 0.05) is 19.6 Å². The van der Waals surface area contributed by atoms with E-state index in [1.807, 2.05) is 7.05 Å². The minimum absolute atomic E-state index is 0. The normalized spacial score (nSPS) is 23.6. The van der Waals surface area contributed by atoms with Crippen LogP contribution in [0.15, 0.2) is 0 Å². The van der Waals surface area contributed by atoms with E-state index >= 15 is 0 Å². The lowest BCUT2D eigenvalue weighted by atomic mass is 10.2. The molecular formula is C6H15Cl2N3O. The van der Waals surface area contributed by atoms with Crippen molar-refractivity contribution in [1.82, 2.24) is 10.2 Å². The number of amides is 1. The van der Waals surface area contributed by atoms with E-state index in [2.05, 4.69) is 10.2 Å². The fraction of sp³-hybridized carbons (Fsp3) is 0.833. The lowest BCUT2D eigenvalue weighted by Gasteiger charge is -2.28. The second kappa shape index (κ2) is 6.48. The van der Waals surface area contributed by atoms with E-state index in [9.17, 15) is 4.79 Å². The molecule has 4 nitrogen and oxygen atoms in total. The third-order valence-corrected chi connectivity index (χ3v) is 1.72. The summed E-state index contributed by atoms with van der Waals surface area (Å²) >= 11 is 0. The van der Waals surface area contributed by atoms with Crippen molar-refractivity contribution >= 4 is 30.7 Å². The van der Waals surface area contributed by atoms with Gasteiger partial charge in [-0.2, -0.15) is 0 Å². The largest absolute Gasteiger partial charge is 0.368 e. The maximum absolute atomic E-state index is 10.6. The summed E-state index contributed by atoms with van der Waals surface area (Å²) in [6, 6.07) is -0.154. The molecule has 0 saturated carbocycles. The lowest BCUT2D eigenvalue weighted by molar-refractivity contribution is -0.120. The molecule has 0 spiro atoms. The van der Waals surface area contributed by atoms with Crippen molar-refractivity contribution in [3.63, 3.8) is 0 Å². The van der Waals surface area contributed by atoms with E-state index < -0.39 is 0 Å². The molecule has 0 radical (unpaired) electrons. The molecule has 6 heteroatoms. The summed E-state index contributed by atoms with van der Waals surface area (Å²) in [6.07, 6.45) is 0. The highest BCUT2D eigenvalue weighted by Crippen LogP contribution is 1.93. The molecule has 1 aliphatic rings. The molecule has 1 saturated heterocycles. The molecule has 0 aromatic heterocycles. The van der Waals surface area contributed by atoms with Crippen molar-refractivity contribution in [1.29, 1.82) is 0 Å². The highest BCUT2D eigenvalue weighted by molar-refractivity contribution is 5.85. The molecule has 74 valence electrons. The average Bonchev–Trinajstić information content (AvgIpc) is 1.88. The standard InChI is InChI=1S/C6H13N3O.2ClH/c1-9-3-2-8-5(4-9)6(7)10;;/h5,8H,2-4H2,1H3,(H2,7,10);2*1H. The molecular weight excluding hydrogens is 201 g/mol. The van der Waals surface area contributed by atoms with Crippen LogP contribution in [0.1, 0.15) is 0 Å². The Labute approximate surface area is 84.7 Å². The van der Waals surface area contributed by atoms with E-state index in [1.54, 1.807) is 0 Å². The molecule has 0 aromatic carbocycles. The van der Waals surface area contributed by atoms with Gasteiger partial charge in [-0.05, 0) is 7.05 Å². The molecule has 1 rings (SSSR count). The Hall–Kier alpha value is -0.0300. The first-order chi connectivity index (χ1) is 4.70. The van der Waals surface area contributed by atoms with Gasteiger partial charge in [0.15, 0.2) is 0 Å². The van der Waals surface area contributed by atoms with Crippen LogP contribution in [0, 0.1) is 0 Å². The van der Waals surface area contributed by atoms with Gasteiger partial charge in [-0.15, -0.1) is 24.8 Å². The zero-order valence-corrected chi connectivity index (χ0v) is 8.58. The topological polar surface area (TPSA) is 58.4 Å². The third-order valence-electron chi connectivity index (χ3n) is 1.72. The monoisotopic (exact) mass is 215 g/mol. The minimum Gasteiger partial charge on any atom is -0.368 e. The van der Waals surface area contributed by atoms with Gasteiger partial charge in [0.2, 0.25) is 5.91 Å². The predicted octanol–water partition coefficient (Wildman–Crippen LogP) is -0.781. The Kier molecular flexibility index (Phi) is 7.83. The van der Waals surface area contributed by atoms with Crippen molar-refractivity contribution < 1.29 is 4.79 Å².